The lowest BCUT2D eigenvalue weighted by molar-refractivity contribution is -0.132. The van der Waals surface area contributed by atoms with Gasteiger partial charge in [0.1, 0.15) is 22.8 Å². The van der Waals surface area contributed by atoms with Gasteiger partial charge in [0.2, 0.25) is 0 Å². The SMILES string of the molecule is C[C@H]1C[C@H]2[C@@H]3CCC4=CC(=O)C=C[C@]4(C)[C@@]34O[C@H]4C[C@]2(C)C1=O.C[C@H]1C[C@H]2[C@@H]3CCC4=CC(=O)C=C[C@]4(C)[C@@]34O[C@H]4C[C@]2(C)C1=O. The van der Waals surface area contributed by atoms with E-state index in [2.05, 4.69) is 53.7 Å². The molecule has 6 nitrogen and oxygen atoms in total. The topological polar surface area (TPSA) is 93.3 Å². The lowest BCUT2D eigenvalue weighted by Crippen LogP contribution is -2.56. The number of rotatable bonds is 0. The van der Waals surface area contributed by atoms with Crippen molar-refractivity contribution in [3.63, 3.8) is 0 Å². The summed E-state index contributed by atoms with van der Waals surface area (Å²) in [5.74, 6) is 3.26. The molecule has 0 amide bonds. The molecule has 6 heteroatoms. The molecule has 10 aliphatic rings. The van der Waals surface area contributed by atoms with Gasteiger partial charge in [0.25, 0.3) is 0 Å². The van der Waals surface area contributed by atoms with Gasteiger partial charge in [-0.25, -0.2) is 0 Å². The van der Waals surface area contributed by atoms with Crippen LogP contribution >= 0.6 is 0 Å². The number of carbonyl (C=O) groups excluding carboxylic acids is 4. The van der Waals surface area contributed by atoms with Gasteiger partial charge in [-0.1, -0.05) is 51.0 Å². The molecule has 2 saturated heterocycles. The predicted octanol–water partition coefficient (Wildman–Crippen LogP) is 6.48. The third-order valence-electron chi connectivity index (χ3n) is 15.9. The van der Waals surface area contributed by atoms with Crippen molar-refractivity contribution in [2.75, 3.05) is 0 Å². The molecule has 0 unspecified atom stereocenters. The van der Waals surface area contributed by atoms with E-state index in [-0.39, 0.29) is 68.5 Å². The molecule has 0 aromatic heterocycles. The molecule has 0 aromatic carbocycles. The lowest BCUT2D eigenvalue weighted by atomic mass is 9.48. The van der Waals surface area contributed by atoms with E-state index in [9.17, 15) is 19.2 Å². The van der Waals surface area contributed by atoms with Crippen molar-refractivity contribution in [2.45, 2.75) is 116 Å². The highest BCUT2D eigenvalue weighted by Crippen LogP contribution is 2.75. The van der Waals surface area contributed by atoms with Crippen LogP contribution in [0.4, 0.5) is 0 Å². The maximum atomic E-state index is 12.8. The van der Waals surface area contributed by atoms with Gasteiger partial charge in [-0.2, -0.15) is 0 Å². The van der Waals surface area contributed by atoms with Gasteiger partial charge >= 0.3 is 0 Å². The van der Waals surface area contributed by atoms with Gasteiger partial charge in [-0.15, -0.1) is 0 Å². The number of hydrogen-bond donors (Lipinski definition) is 0. The Balaban J connectivity index is 0.000000127. The first-order valence-electron chi connectivity index (χ1n) is 18.0. The van der Waals surface area contributed by atoms with Crippen molar-refractivity contribution >= 4 is 23.1 Å². The average molecular weight is 625 g/mol. The summed E-state index contributed by atoms with van der Waals surface area (Å²) >= 11 is 0. The Morgan fingerprint density at radius 3 is 1.39 bits per heavy atom. The predicted molar refractivity (Wildman–Crippen MR) is 171 cm³/mol. The van der Waals surface area contributed by atoms with E-state index in [4.69, 9.17) is 9.47 Å². The second-order valence-electron chi connectivity index (χ2n) is 17.8. The summed E-state index contributed by atoms with van der Waals surface area (Å²) < 4.78 is 12.8. The minimum Gasteiger partial charge on any atom is -0.364 e. The highest BCUT2D eigenvalue weighted by atomic mass is 16.6. The summed E-state index contributed by atoms with van der Waals surface area (Å²) in [4.78, 5) is 49.2. The van der Waals surface area contributed by atoms with E-state index in [0.29, 0.717) is 35.2 Å². The van der Waals surface area contributed by atoms with Gasteiger partial charge in [0.15, 0.2) is 11.6 Å². The molecule has 8 aliphatic carbocycles. The zero-order chi connectivity index (χ0) is 32.4. The van der Waals surface area contributed by atoms with E-state index < -0.39 is 0 Å². The standard InChI is InChI=1S/2C20H24O3/c2*1-11-8-15-14-5-4-12-9-13(21)6-7-19(12,3)20(14)16(23-20)10-18(15,2)17(11)22/h2*6-7,9,11,14-16H,4-5,8,10H2,1-3H3/t2*11-,14-,15-,16-,18-,19-,20+/m00/s1. The summed E-state index contributed by atoms with van der Waals surface area (Å²) in [6, 6.07) is 0. The van der Waals surface area contributed by atoms with Gasteiger partial charge in [-0.05, 0) is 113 Å². The summed E-state index contributed by atoms with van der Waals surface area (Å²) in [5, 5.41) is 0. The van der Waals surface area contributed by atoms with E-state index >= 15 is 0 Å². The van der Waals surface area contributed by atoms with Crippen LogP contribution in [0.25, 0.3) is 0 Å². The van der Waals surface area contributed by atoms with Crippen LogP contribution in [0.15, 0.2) is 47.6 Å². The number of epoxide rings is 2. The van der Waals surface area contributed by atoms with Crippen LogP contribution < -0.4 is 0 Å². The van der Waals surface area contributed by atoms with Crippen molar-refractivity contribution in [1.82, 2.24) is 0 Å². The summed E-state index contributed by atoms with van der Waals surface area (Å²) in [6.07, 6.45) is 19.4. The number of allylic oxidation sites excluding steroid dienone is 4. The number of fused-ring (bicyclic) bond motifs is 6. The van der Waals surface area contributed by atoms with Crippen molar-refractivity contribution in [3.8, 4) is 0 Å². The van der Waals surface area contributed by atoms with Crippen molar-refractivity contribution < 1.29 is 28.7 Å². The summed E-state index contributed by atoms with van der Waals surface area (Å²) in [6.45, 7) is 13.1. The van der Waals surface area contributed by atoms with Gasteiger partial charge in [0.05, 0.1) is 12.2 Å². The Morgan fingerprint density at radius 2 is 1.00 bits per heavy atom. The van der Waals surface area contributed by atoms with Gasteiger partial charge in [-0.3, -0.25) is 19.2 Å². The molecule has 0 bridgehead atoms. The molecule has 244 valence electrons. The normalized spacial score (nSPS) is 56.4. The van der Waals surface area contributed by atoms with Crippen LogP contribution in [0, 0.1) is 57.2 Å². The molecule has 2 aliphatic heterocycles. The Labute approximate surface area is 272 Å². The molecule has 10 rings (SSSR count). The first kappa shape index (κ1) is 29.7. The van der Waals surface area contributed by atoms with Crippen molar-refractivity contribution in [1.29, 1.82) is 0 Å². The van der Waals surface area contributed by atoms with Crippen molar-refractivity contribution in [2.24, 2.45) is 57.2 Å². The summed E-state index contributed by atoms with van der Waals surface area (Å²) in [7, 11) is 0. The van der Waals surface area contributed by atoms with Gasteiger partial charge < -0.3 is 9.47 Å². The highest BCUT2D eigenvalue weighted by molar-refractivity contribution is 6.02. The van der Waals surface area contributed by atoms with Crippen LogP contribution in [0.5, 0.6) is 0 Å². The third kappa shape index (κ3) is 3.23. The van der Waals surface area contributed by atoms with E-state index in [1.807, 2.05) is 12.2 Å². The molecular weight excluding hydrogens is 576 g/mol. The second kappa shape index (κ2) is 8.77. The number of Topliss-reactive ketones (excluding diaryl/α,β-unsaturated/α-hetero) is 2. The zero-order valence-electron chi connectivity index (χ0n) is 28.2. The fourth-order valence-corrected chi connectivity index (χ4v) is 13.5. The molecule has 0 radical (unpaired) electrons. The van der Waals surface area contributed by atoms with E-state index in [0.717, 1.165) is 51.4 Å². The number of ether oxygens (including phenoxy) is 2. The second-order valence-corrected chi connectivity index (χ2v) is 17.8. The maximum absolute atomic E-state index is 12.8. The number of hydrogen-bond acceptors (Lipinski definition) is 6. The highest BCUT2D eigenvalue weighted by Gasteiger charge is 2.80. The van der Waals surface area contributed by atoms with Crippen LogP contribution in [-0.2, 0) is 28.7 Å². The largest absolute Gasteiger partial charge is 0.364 e. The van der Waals surface area contributed by atoms with Crippen LogP contribution in [0.3, 0.4) is 0 Å². The lowest BCUT2D eigenvalue weighted by Gasteiger charge is -2.53. The molecule has 6 saturated carbocycles. The minimum absolute atomic E-state index is 0.106. The molecule has 46 heavy (non-hydrogen) atoms. The molecule has 2 heterocycles. The van der Waals surface area contributed by atoms with E-state index in [1.165, 1.54) is 11.1 Å². The van der Waals surface area contributed by atoms with Crippen LogP contribution in [0.2, 0.25) is 0 Å². The number of ketones is 4. The number of carbonyl (C=O) groups is 4. The quantitative estimate of drug-likeness (QED) is 0.287. The molecule has 14 atom stereocenters. The molecule has 0 aromatic rings. The first-order valence-corrected chi connectivity index (χ1v) is 18.0. The molecule has 0 N–H and O–H groups in total. The first-order chi connectivity index (χ1) is 21.7. The third-order valence-corrected chi connectivity index (χ3v) is 15.9. The Hall–Kier alpha value is -2.44. The Bertz CT molecular complexity index is 1530. The maximum Gasteiger partial charge on any atom is 0.178 e. The average Bonchev–Trinajstić information content (AvgIpc) is 3.89. The fourth-order valence-electron chi connectivity index (χ4n) is 13.5. The fraction of sp³-hybridized carbons (Fsp3) is 0.700. The van der Waals surface area contributed by atoms with E-state index in [1.54, 1.807) is 12.2 Å². The summed E-state index contributed by atoms with van der Waals surface area (Å²) in [5.41, 5.74) is 1.44. The van der Waals surface area contributed by atoms with Crippen LogP contribution in [0.1, 0.15) is 92.9 Å². The monoisotopic (exact) mass is 624 g/mol. The molecular formula is C40H48O6. The Morgan fingerprint density at radius 1 is 0.609 bits per heavy atom. The molecule has 2 spiro atoms. The minimum atomic E-state index is -0.194. The van der Waals surface area contributed by atoms with Crippen molar-refractivity contribution in [3.05, 3.63) is 47.6 Å². The van der Waals surface area contributed by atoms with Crippen LogP contribution in [-0.4, -0.2) is 46.5 Å². The smallest absolute Gasteiger partial charge is 0.178 e. The molecule has 8 fully saturated rings. The zero-order valence-corrected chi connectivity index (χ0v) is 28.2. The van der Waals surface area contributed by atoms with Gasteiger partial charge in [0, 0.05) is 33.5 Å². The Kier molecular flexibility index (Phi) is 5.66.